The van der Waals surface area contributed by atoms with Crippen LogP contribution in [0.1, 0.15) is 0 Å². The number of nitrogens with one attached hydrogen (secondary N) is 1. The average molecular weight is 237 g/mol. The van der Waals surface area contributed by atoms with Gasteiger partial charge in [-0.1, -0.05) is 12.1 Å². The van der Waals surface area contributed by atoms with Gasteiger partial charge in [-0.3, -0.25) is 4.79 Å². The van der Waals surface area contributed by atoms with E-state index in [1.54, 1.807) is 12.3 Å². The topological polar surface area (TPSA) is 55.1 Å². The summed E-state index contributed by atoms with van der Waals surface area (Å²) in [7, 11) is 0. The van der Waals surface area contributed by atoms with E-state index in [-0.39, 0.29) is 11.8 Å². The fraction of sp³-hybridized carbons (Fsp3) is 0.0909. The molecule has 0 bridgehead atoms. The summed E-state index contributed by atoms with van der Waals surface area (Å²) in [6, 6.07) is 7.24. The van der Waals surface area contributed by atoms with E-state index in [1.165, 1.54) is 6.26 Å². The number of benzene rings is 1. The van der Waals surface area contributed by atoms with Crippen molar-refractivity contribution in [1.82, 2.24) is 4.98 Å². The second-order valence-electron chi connectivity index (χ2n) is 3.06. The molecule has 0 aliphatic heterocycles. The molecule has 5 heteroatoms. The number of hydrogen-bond acceptors (Lipinski definition) is 3. The van der Waals surface area contributed by atoms with Crippen molar-refractivity contribution in [2.45, 2.75) is 0 Å². The Morgan fingerprint density at radius 3 is 2.94 bits per heavy atom. The number of alkyl halides is 1. The molecule has 0 aliphatic carbocycles. The van der Waals surface area contributed by atoms with E-state index in [1.807, 2.05) is 18.2 Å². The van der Waals surface area contributed by atoms with Crippen molar-refractivity contribution in [3.63, 3.8) is 0 Å². The number of oxazole rings is 1. The van der Waals surface area contributed by atoms with Crippen molar-refractivity contribution in [2.75, 3.05) is 11.2 Å². The molecule has 0 aliphatic rings. The SMILES string of the molecule is O=C(CCl)Nc1ccccc1-c1ncco1. The summed E-state index contributed by atoms with van der Waals surface area (Å²) in [5, 5.41) is 2.68. The van der Waals surface area contributed by atoms with Crippen molar-refractivity contribution in [3.05, 3.63) is 36.7 Å². The van der Waals surface area contributed by atoms with E-state index in [0.717, 1.165) is 5.56 Å². The van der Waals surface area contributed by atoms with E-state index in [2.05, 4.69) is 10.3 Å². The van der Waals surface area contributed by atoms with Crippen molar-refractivity contribution in [2.24, 2.45) is 0 Å². The monoisotopic (exact) mass is 236 g/mol. The van der Waals surface area contributed by atoms with Crippen molar-refractivity contribution < 1.29 is 9.21 Å². The van der Waals surface area contributed by atoms with Crippen LogP contribution in [0.4, 0.5) is 5.69 Å². The van der Waals surface area contributed by atoms with Crippen LogP contribution in [0, 0.1) is 0 Å². The Hall–Kier alpha value is -1.81. The van der Waals surface area contributed by atoms with Crippen molar-refractivity contribution in [3.8, 4) is 11.5 Å². The molecule has 1 heterocycles. The minimum atomic E-state index is -0.263. The van der Waals surface area contributed by atoms with Crippen molar-refractivity contribution >= 4 is 23.2 Å². The quantitative estimate of drug-likeness (QED) is 0.834. The van der Waals surface area contributed by atoms with E-state index >= 15 is 0 Å². The first kappa shape index (κ1) is 10.7. The number of hydrogen-bond donors (Lipinski definition) is 1. The lowest BCUT2D eigenvalue weighted by atomic mass is 10.2. The van der Waals surface area contributed by atoms with Gasteiger partial charge in [0.2, 0.25) is 11.8 Å². The van der Waals surface area contributed by atoms with Gasteiger partial charge in [-0.05, 0) is 12.1 Å². The lowest BCUT2D eigenvalue weighted by Crippen LogP contribution is -2.13. The third-order valence-corrected chi connectivity index (χ3v) is 2.23. The standard InChI is InChI=1S/C11H9ClN2O2/c12-7-10(15)14-9-4-2-1-3-8(9)11-13-5-6-16-11/h1-6H,7H2,(H,14,15). The Balaban J connectivity index is 2.35. The molecule has 1 aromatic carbocycles. The van der Waals surface area contributed by atoms with Gasteiger partial charge in [-0.15, -0.1) is 11.6 Å². The largest absolute Gasteiger partial charge is 0.444 e. The molecule has 1 amide bonds. The first-order chi connectivity index (χ1) is 7.81. The van der Waals surface area contributed by atoms with Crippen LogP contribution in [-0.4, -0.2) is 16.8 Å². The van der Waals surface area contributed by atoms with E-state index in [9.17, 15) is 4.79 Å². The number of aromatic nitrogens is 1. The lowest BCUT2D eigenvalue weighted by Gasteiger charge is -2.06. The highest BCUT2D eigenvalue weighted by Gasteiger charge is 2.10. The minimum absolute atomic E-state index is 0.0834. The summed E-state index contributed by atoms with van der Waals surface area (Å²) in [6.45, 7) is 0. The van der Waals surface area contributed by atoms with Gasteiger partial charge in [0, 0.05) is 0 Å². The molecule has 0 unspecified atom stereocenters. The van der Waals surface area contributed by atoms with Gasteiger partial charge >= 0.3 is 0 Å². The van der Waals surface area contributed by atoms with Crippen LogP contribution in [0.2, 0.25) is 0 Å². The molecule has 0 fully saturated rings. The van der Waals surface area contributed by atoms with Crippen LogP contribution < -0.4 is 5.32 Å². The Bertz CT molecular complexity index is 482. The Morgan fingerprint density at radius 1 is 1.44 bits per heavy atom. The second-order valence-corrected chi connectivity index (χ2v) is 3.33. The van der Waals surface area contributed by atoms with Gasteiger partial charge in [-0.2, -0.15) is 0 Å². The molecule has 1 N–H and O–H groups in total. The number of amides is 1. The molecule has 0 radical (unpaired) electrons. The summed E-state index contributed by atoms with van der Waals surface area (Å²) >= 11 is 5.43. The maximum absolute atomic E-state index is 11.2. The molecule has 0 saturated carbocycles. The predicted molar refractivity (Wildman–Crippen MR) is 61.3 cm³/mol. The van der Waals surface area contributed by atoms with Gasteiger partial charge in [0.15, 0.2) is 0 Å². The molecule has 2 rings (SSSR count). The Labute approximate surface area is 97.2 Å². The molecular weight excluding hydrogens is 228 g/mol. The van der Waals surface area contributed by atoms with E-state index < -0.39 is 0 Å². The highest BCUT2D eigenvalue weighted by molar-refractivity contribution is 6.29. The third-order valence-electron chi connectivity index (χ3n) is 1.99. The highest BCUT2D eigenvalue weighted by atomic mass is 35.5. The third kappa shape index (κ3) is 2.23. The maximum atomic E-state index is 11.2. The van der Waals surface area contributed by atoms with Gasteiger partial charge in [0.1, 0.15) is 12.1 Å². The molecule has 2 aromatic rings. The maximum Gasteiger partial charge on any atom is 0.239 e. The Kier molecular flexibility index (Phi) is 3.22. The summed E-state index contributed by atoms with van der Waals surface area (Å²) in [6.07, 6.45) is 3.03. The fourth-order valence-electron chi connectivity index (χ4n) is 1.32. The number of para-hydroxylation sites is 1. The zero-order chi connectivity index (χ0) is 11.4. The van der Waals surface area contributed by atoms with Crippen LogP contribution >= 0.6 is 11.6 Å². The van der Waals surface area contributed by atoms with Crippen LogP contribution in [0.5, 0.6) is 0 Å². The molecule has 16 heavy (non-hydrogen) atoms. The van der Waals surface area contributed by atoms with Gasteiger partial charge < -0.3 is 9.73 Å². The summed E-state index contributed by atoms with van der Waals surface area (Å²) in [5.74, 6) is 0.117. The molecule has 82 valence electrons. The number of carbonyl (C=O) groups excluding carboxylic acids is 1. The minimum Gasteiger partial charge on any atom is -0.444 e. The molecule has 0 atom stereocenters. The lowest BCUT2D eigenvalue weighted by molar-refractivity contribution is -0.113. The smallest absolute Gasteiger partial charge is 0.239 e. The average Bonchev–Trinajstić information content (AvgIpc) is 2.83. The van der Waals surface area contributed by atoms with E-state index in [4.69, 9.17) is 16.0 Å². The summed E-state index contributed by atoms with van der Waals surface area (Å²) in [5.41, 5.74) is 1.36. The van der Waals surface area contributed by atoms with Crippen LogP contribution in [-0.2, 0) is 4.79 Å². The fourth-order valence-corrected chi connectivity index (χ4v) is 1.39. The normalized spacial score (nSPS) is 10.1. The summed E-state index contributed by atoms with van der Waals surface area (Å²) in [4.78, 5) is 15.2. The number of rotatable bonds is 3. The zero-order valence-corrected chi connectivity index (χ0v) is 9.07. The molecule has 1 aromatic heterocycles. The molecular formula is C11H9ClN2O2. The summed E-state index contributed by atoms with van der Waals surface area (Å²) < 4.78 is 5.18. The predicted octanol–water partition coefficient (Wildman–Crippen LogP) is 2.52. The number of nitrogens with zero attached hydrogens (tertiary/aromatic N) is 1. The molecule has 0 spiro atoms. The number of anilines is 1. The van der Waals surface area contributed by atoms with Gasteiger partial charge in [-0.25, -0.2) is 4.98 Å². The number of carbonyl (C=O) groups is 1. The first-order valence-electron chi connectivity index (χ1n) is 4.66. The van der Waals surface area contributed by atoms with E-state index in [0.29, 0.717) is 11.6 Å². The Morgan fingerprint density at radius 2 is 2.25 bits per heavy atom. The number of halogens is 1. The second kappa shape index (κ2) is 4.81. The molecule has 4 nitrogen and oxygen atoms in total. The van der Waals surface area contributed by atoms with Gasteiger partial charge in [0.05, 0.1) is 17.4 Å². The van der Waals surface area contributed by atoms with Crippen LogP contribution in [0.3, 0.4) is 0 Å². The van der Waals surface area contributed by atoms with Crippen LogP contribution in [0.25, 0.3) is 11.5 Å². The highest BCUT2D eigenvalue weighted by Crippen LogP contribution is 2.26. The first-order valence-corrected chi connectivity index (χ1v) is 5.19. The zero-order valence-electron chi connectivity index (χ0n) is 8.31. The van der Waals surface area contributed by atoms with Crippen LogP contribution in [0.15, 0.2) is 41.1 Å². The molecule has 0 saturated heterocycles. The van der Waals surface area contributed by atoms with Gasteiger partial charge in [0.25, 0.3) is 0 Å². The van der Waals surface area contributed by atoms with Crippen molar-refractivity contribution in [1.29, 1.82) is 0 Å².